The highest BCUT2D eigenvalue weighted by Gasteiger charge is 2.45. The third-order valence-electron chi connectivity index (χ3n) is 6.21. The fraction of sp³-hybridized carbons (Fsp3) is 0.583. The van der Waals surface area contributed by atoms with E-state index < -0.39 is 61.3 Å². The molecule has 12 heteroatoms. The number of nitrogens with one attached hydrogen (secondary N) is 1. The number of thioether (sulfide) groups is 1. The van der Waals surface area contributed by atoms with Crippen molar-refractivity contribution in [2.24, 2.45) is 0 Å². The summed E-state index contributed by atoms with van der Waals surface area (Å²) >= 11 is 1.34. The van der Waals surface area contributed by atoms with Gasteiger partial charge >= 0.3 is 0 Å². The van der Waals surface area contributed by atoms with Gasteiger partial charge < -0.3 is 25.4 Å². The van der Waals surface area contributed by atoms with E-state index in [9.17, 15) is 19.7 Å². The van der Waals surface area contributed by atoms with Gasteiger partial charge in [-0.05, 0) is 36.9 Å². The molecule has 0 bridgehead atoms. The number of nitrogens with zero attached hydrogens (tertiary/aromatic N) is 5. The van der Waals surface area contributed by atoms with Crippen molar-refractivity contribution >= 4 is 28.7 Å². The molecule has 0 aliphatic heterocycles. The highest BCUT2D eigenvalue weighted by molar-refractivity contribution is 7.99. The number of aromatic nitrogens is 5. The van der Waals surface area contributed by atoms with Gasteiger partial charge in [0.15, 0.2) is 22.1 Å². The summed E-state index contributed by atoms with van der Waals surface area (Å²) in [4.78, 5) is 9.10. The van der Waals surface area contributed by atoms with Crippen molar-refractivity contribution in [3.8, 4) is 0 Å². The molecule has 1 aromatic carbocycles. The molecule has 0 radical (unpaired) electrons. The first-order chi connectivity index (χ1) is 19.7. The molecule has 2 aliphatic carbocycles. The molecule has 5 rings (SSSR count). The summed E-state index contributed by atoms with van der Waals surface area (Å²) in [5.41, 5.74) is 0.0740. The third kappa shape index (κ3) is 4.92. The van der Waals surface area contributed by atoms with Crippen LogP contribution in [0.1, 0.15) is 57.5 Å². The molecular formula is C24H31FN6O4S. The molecule has 0 amide bonds. The SMILES string of the molecule is [2H]c1c([2H])c([C@]2([2H])C[C@H]2Nc2nc(SCCC)nc3c2nnn3[C@@H]2C[C@H](OC([2H])([2H])CO)[C@@H](O)[C@H]2O)c([2H])c(F)c1C. The number of aliphatic hydroxyl groups is 3. The van der Waals surface area contributed by atoms with Crippen molar-refractivity contribution in [3.05, 3.63) is 35.1 Å². The van der Waals surface area contributed by atoms with Crippen molar-refractivity contribution in [2.75, 3.05) is 24.2 Å². The van der Waals surface area contributed by atoms with E-state index in [1.54, 1.807) is 0 Å². The number of anilines is 1. The molecule has 2 aromatic heterocycles. The van der Waals surface area contributed by atoms with Gasteiger partial charge in [-0.25, -0.2) is 19.0 Å². The number of fused-ring (bicyclic) bond motifs is 1. The molecule has 0 saturated heterocycles. The Hall–Kier alpha value is -2.38. The minimum absolute atomic E-state index is 0.0596. The van der Waals surface area contributed by atoms with Gasteiger partial charge in [0.2, 0.25) is 0 Å². The Morgan fingerprint density at radius 2 is 2.17 bits per heavy atom. The first-order valence-corrected chi connectivity index (χ1v) is 12.7. The number of benzene rings is 1. The number of rotatable bonds is 10. The minimum atomic E-state index is -2.43. The number of hydrogen-bond acceptors (Lipinski definition) is 10. The van der Waals surface area contributed by atoms with Gasteiger partial charge in [-0.1, -0.05) is 36.0 Å². The maximum absolute atomic E-state index is 14.7. The standard InChI is InChI=1S/C24H31FN6O4S/c1-3-8-36-24-27-22(26-16-10-14(16)13-5-4-12(2)15(25)9-13)19-23(28-24)31(30-29-19)17-11-18(35-7-6-32)21(34)20(17)33/h4-5,9,14,16-18,20-21,32-34H,3,6-8,10-11H2,1-2H3,(H,26,27,28)/t14-,16+,17+,18-,20-,21+/m0/s1/i4D,5D,7D2,9D,14D. The van der Waals surface area contributed by atoms with E-state index in [-0.39, 0.29) is 53.0 Å². The second-order valence-electron chi connectivity index (χ2n) is 8.77. The second-order valence-corrected chi connectivity index (χ2v) is 9.83. The minimum Gasteiger partial charge on any atom is -0.394 e. The number of aliphatic hydroxyl groups excluding tert-OH is 3. The van der Waals surface area contributed by atoms with Crippen LogP contribution in [0.3, 0.4) is 0 Å². The van der Waals surface area contributed by atoms with Gasteiger partial charge in [0, 0.05) is 25.5 Å². The van der Waals surface area contributed by atoms with Crippen molar-refractivity contribution in [3.63, 3.8) is 0 Å². The Morgan fingerprint density at radius 3 is 2.94 bits per heavy atom. The maximum atomic E-state index is 14.7. The lowest BCUT2D eigenvalue weighted by molar-refractivity contribution is -0.0629. The summed E-state index contributed by atoms with van der Waals surface area (Å²) < 4.78 is 70.1. The average molecular weight is 525 g/mol. The van der Waals surface area contributed by atoms with Crippen LogP contribution in [0.15, 0.2) is 23.3 Å². The molecule has 10 nitrogen and oxygen atoms in total. The lowest BCUT2D eigenvalue weighted by Crippen LogP contribution is -2.33. The van der Waals surface area contributed by atoms with Crippen LogP contribution in [-0.2, 0) is 4.74 Å². The van der Waals surface area contributed by atoms with Crippen molar-refractivity contribution in [2.45, 2.75) is 74.6 Å². The van der Waals surface area contributed by atoms with Crippen molar-refractivity contribution < 1.29 is 32.7 Å². The molecule has 0 spiro atoms. The van der Waals surface area contributed by atoms with Gasteiger partial charge in [0.25, 0.3) is 0 Å². The summed E-state index contributed by atoms with van der Waals surface area (Å²) in [5.74, 6) is -1.63. The van der Waals surface area contributed by atoms with Gasteiger partial charge in [0.05, 0.1) is 32.2 Å². The summed E-state index contributed by atoms with van der Waals surface area (Å²) in [5, 5.41) is 42.3. The molecule has 2 aliphatic rings. The van der Waals surface area contributed by atoms with Gasteiger partial charge in [0.1, 0.15) is 18.0 Å². The first kappa shape index (κ1) is 18.8. The molecule has 3 aromatic rings. The van der Waals surface area contributed by atoms with E-state index in [2.05, 4.69) is 25.6 Å². The number of ether oxygens (including phenoxy) is 1. The Labute approximate surface area is 220 Å². The zero-order valence-corrected chi connectivity index (χ0v) is 20.5. The van der Waals surface area contributed by atoms with Crippen molar-refractivity contribution in [1.82, 2.24) is 25.0 Å². The predicted octanol–water partition coefficient (Wildman–Crippen LogP) is 2.18. The van der Waals surface area contributed by atoms with E-state index in [1.807, 2.05) is 6.92 Å². The predicted molar refractivity (Wildman–Crippen MR) is 133 cm³/mol. The Balaban J connectivity index is 1.49. The van der Waals surface area contributed by atoms with E-state index >= 15 is 0 Å². The normalized spacial score (nSPS) is 32.4. The monoisotopic (exact) mass is 524 g/mol. The highest BCUT2D eigenvalue weighted by atomic mass is 32.2. The van der Waals surface area contributed by atoms with Crippen LogP contribution < -0.4 is 5.32 Å². The van der Waals surface area contributed by atoms with Crippen LogP contribution in [-0.4, -0.2) is 83.6 Å². The van der Waals surface area contributed by atoms with Gasteiger partial charge in [-0.3, -0.25) is 0 Å². The summed E-state index contributed by atoms with van der Waals surface area (Å²) in [6.07, 6.45) is -3.17. The first-order valence-electron chi connectivity index (χ1n) is 14.7. The van der Waals surface area contributed by atoms with E-state index in [0.717, 1.165) is 6.42 Å². The number of halogens is 1. The number of hydrogen-bond donors (Lipinski definition) is 4. The van der Waals surface area contributed by atoms with Crippen molar-refractivity contribution in [1.29, 1.82) is 0 Å². The molecule has 2 saturated carbocycles. The van der Waals surface area contributed by atoms with Crippen LogP contribution in [0.5, 0.6) is 0 Å². The maximum Gasteiger partial charge on any atom is 0.191 e. The van der Waals surface area contributed by atoms with Crippen LogP contribution in [0, 0.1) is 12.7 Å². The smallest absolute Gasteiger partial charge is 0.191 e. The molecule has 194 valence electrons. The molecular weight excluding hydrogens is 487 g/mol. The summed E-state index contributed by atoms with van der Waals surface area (Å²) in [6, 6.07) is -2.92. The highest BCUT2D eigenvalue weighted by Crippen LogP contribution is 2.44. The molecule has 2 fully saturated rings. The third-order valence-corrected chi connectivity index (χ3v) is 7.26. The Morgan fingerprint density at radius 1 is 1.33 bits per heavy atom. The van der Waals surface area contributed by atoms with E-state index in [4.69, 9.17) is 13.0 Å². The van der Waals surface area contributed by atoms with Crippen LogP contribution in [0.2, 0.25) is 0 Å². The average Bonchev–Trinajstić information content (AvgIpc) is 3.26. The molecule has 36 heavy (non-hydrogen) atoms. The second kappa shape index (κ2) is 10.5. The van der Waals surface area contributed by atoms with Crippen LogP contribution in [0.4, 0.5) is 10.2 Å². The fourth-order valence-electron chi connectivity index (χ4n) is 4.21. The Bertz CT molecular complexity index is 1490. The van der Waals surface area contributed by atoms with Crippen LogP contribution in [0.25, 0.3) is 11.2 Å². The molecule has 4 N–H and O–H groups in total. The fourth-order valence-corrected chi connectivity index (χ4v) is 4.90. The lowest BCUT2D eigenvalue weighted by Gasteiger charge is -2.17. The summed E-state index contributed by atoms with van der Waals surface area (Å²) in [6.45, 7) is -0.0663. The molecule has 0 unspecified atom stereocenters. The van der Waals surface area contributed by atoms with Crippen LogP contribution >= 0.6 is 11.8 Å². The topological polar surface area (TPSA) is 138 Å². The van der Waals surface area contributed by atoms with E-state index in [0.29, 0.717) is 10.9 Å². The quantitative estimate of drug-likeness (QED) is 0.231. The molecule has 6 atom stereocenters. The molecule has 2 heterocycles. The lowest BCUT2D eigenvalue weighted by atomic mass is 10.1. The zero-order valence-electron chi connectivity index (χ0n) is 25.7. The van der Waals surface area contributed by atoms with Gasteiger partial charge in [-0.2, -0.15) is 0 Å². The largest absolute Gasteiger partial charge is 0.394 e. The zero-order chi connectivity index (χ0) is 30.7. The summed E-state index contributed by atoms with van der Waals surface area (Å²) in [7, 11) is 0. The van der Waals surface area contributed by atoms with E-state index in [1.165, 1.54) is 23.4 Å². The Kier molecular flexibility index (Phi) is 5.51. The van der Waals surface area contributed by atoms with Gasteiger partial charge in [-0.15, -0.1) is 5.10 Å².